The van der Waals surface area contributed by atoms with Gasteiger partial charge in [0.15, 0.2) is 0 Å². The number of aromatic nitrogens is 2. The predicted octanol–water partition coefficient (Wildman–Crippen LogP) is 1.10. The molecule has 0 saturated heterocycles. The molecular weight excluding hydrogens is 306 g/mol. The van der Waals surface area contributed by atoms with E-state index in [4.69, 9.17) is 4.74 Å². The zero-order valence-electron chi connectivity index (χ0n) is 11.8. The lowest BCUT2D eigenvalue weighted by molar-refractivity contribution is 0.0954. The van der Waals surface area contributed by atoms with Gasteiger partial charge >= 0.3 is 6.03 Å². The molecule has 3 N–H and O–H groups in total. The van der Waals surface area contributed by atoms with Crippen LogP contribution >= 0.6 is 11.3 Å². The van der Waals surface area contributed by atoms with Crippen molar-refractivity contribution in [2.75, 3.05) is 25.5 Å². The molecule has 0 aliphatic carbocycles. The van der Waals surface area contributed by atoms with Crippen molar-refractivity contribution >= 4 is 28.4 Å². The molecule has 1 aromatic heterocycles. The number of benzene rings is 1. The molecule has 8 nitrogen and oxygen atoms in total. The number of ether oxygens (including phenoxy) is 1. The van der Waals surface area contributed by atoms with Crippen molar-refractivity contribution in [1.29, 1.82) is 0 Å². The summed E-state index contributed by atoms with van der Waals surface area (Å²) in [6.07, 6.45) is 0. The summed E-state index contributed by atoms with van der Waals surface area (Å²) in [7, 11) is 1.56. The van der Waals surface area contributed by atoms with Crippen LogP contribution in [0.2, 0.25) is 0 Å². The van der Waals surface area contributed by atoms with Crippen LogP contribution in [0, 0.1) is 0 Å². The third-order valence-electron chi connectivity index (χ3n) is 2.63. The molecule has 0 saturated carbocycles. The molecule has 2 aromatic rings. The van der Waals surface area contributed by atoms with E-state index in [2.05, 4.69) is 26.1 Å². The minimum atomic E-state index is -0.393. The number of anilines is 1. The molecule has 3 amide bonds. The second-order valence-corrected chi connectivity index (χ2v) is 4.94. The van der Waals surface area contributed by atoms with Crippen molar-refractivity contribution < 1.29 is 14.3 Å². The number of hydrogen-bond acceptors (Lipinski definition) is 6. The Labute approximate surface area is 130 Å². The van der Waals surface area contributed by atoms with Crippen LogP contribution in [0.25, 0.3) is 0 Å². The van der Waals surface area contributed by atoms with Crippen molar-refractivity contribution in [3.8, 4) is 5.75 Å². The predicted molar refractivity (Wildman–Crippen MR) is 82.3 cm³/mol. The summed E-state index contributed by atoms with van der Waals surface area (Å²) in [6, 6.07) is 6.37. The van der Waals surface area contributed by atoms with Gasteiger partial charge in [0, 0.05) is 18.7 Å². The van der Waals surface area contributed by atoms with Gasteiger partial charge in [0.2, 0.25) is 5.13 Å². The maximum atomic E-state index is 11.8. The quantitative estimate of drug-likeness (QED) is 0.691. The van der Waals surface area contributed by atoms with Crippen LogP contribution in [-0.4, -0.2) is 42.3 Å². The lowest BCUT2D eigenvalue weighted by Crippen LogP contribution is -2.36. The van der Waals surface area contributed by atoms with Gasteiger partial charge < -0.3 is 15.4 Å². The van der Waals surface area contributed by atoms with Gasteiger partial charge in [-0.25, -0.2) is 4.79 Å². The standard InChI is InChI=1S/C13H15N5O3S/c1-21-10-4-2-9(3-5-10)11(19)14-6-7-15-12(20)17-13-18-16-8-22-13/h2-5,8H,6-7H2,1H3,(H,14,19)(H2,15,17,18,20). The molecule has 0 radical (unpaired) electrons. The Balaban J connectivity index is 1.67. The Kier molecular flexibility index (Phi) is 5.66. The Morgan fingerprint density at radius 3 is 2.55 bits per heavy atom. The molecule has 0 unspecified atom stereocenters. The smallest absolute Gasteiger partial charge is 0.321 e. The van der Waals surface area contributed by atoms with Crippen LogP contribution in [0.3, 0.4) is 0 Å². The number of hydrogen-bond donors (Lipinski definition) is 3. The first-order chi connectivity index (χ1) is 10.7. The topological polar surface area (TPSA) is 105 Å². The van der Waals surface area contributed by atoms with E-state index in [0.29, 0.717) is 29.5 Å². The minimum Gasteiger partial charge on any atom is -0.497 e. The first-order valence-electron chi connectivity index (χ1n) is 6.42. The molecule has 0 aliphatic heterocycles. The summed E-state index contributed by atoms with van der Waals surface area (Å²) >= 11 is 1.22. The van der Waals surface area contributed by atoms with E-state index in [1.165, 1.54) is 16.8 Å². The first kappa shape index (κ1) is 15.7. The zero-order valence-corrected chi connectivity index (χ0v) is 12.6. The van der Waals surface area contributed by atoms with E-state index < -0.39 is 6.03 Å². The Hall–Kier alpha value is -2.68. The van der Waals surface area contributed by atoms with E-state index in [1.807, 2.05) is 0 Å². The minimum absolute atomic E-state index is 0.214. The number of urea groups is 1. The third-order valence-corrected chi connectivity index (χ3v) is 3.24. The van der Waals surface area contributed by atoms with Crippen molar-refractivity contribution in [3.63, 3.8) is 0 Å². The zero-order chi connectivity index (χ0) is 15.8. The van der Waals surface area contributed by atoms with Gasteiger partial charge in [-0.1, -0.05) is 11.3 Å². The van der Waals surface area contributed by atoms with Gasteiger partial charge in [-0.15, -0.1) is 10.2 Å². The van der Waals surface area contributed by atoms with Crippen molar-refractivity contribution in [3.05, 3.63) is 35.3 Å². The Morgan fingerprint density at radius 1 is 1.18 bits per heavy atom. The van der Waals surface area contributed by atoms with Crippen molar-refractivity contribution in [1.82, 2.24) is 20.8 Å². The summed E-state index contributed by atoms with van der Waals surface area (Å²) in [5.41, 5.74) is 2.05. The van der Waals surface area contributed by atoms with E-state index in [9.17, 15) is 9.59 Å². The van der Waals surface area contributed by atoms with Gasteiger partial charge in [-0.3, -0.25) is 10.1 Å². The van der Waals surface area contributed by atoms with Crippen LogP contribution in [0.1, 0.15) is 10.4 Å². The molecular formula is C13H15N5O3S. The SMILES string of the molecule is COc1ccc(C(=O)NCCNC(=O)Nc2nncs2)cc1. The molecule has 0 bridgehead atoms. The largest absolute Gasteiger partial charge is 0.497 e. The Bertz CT molecular complexity index is 615. The summed E-state index contributed by atoms with van der Waals surface area (Å²) in [6.45, 7) is 0.612. The van der Waals surface area contributed by atoms with E-state index in [0.717, 1.165) is 0 Å². The average molecular weight is 321 g/mol. The first-order valence-corrected chi connectivity index (χ1v) is 7.30. The van der Waals surface area contributed by atoms with Gasteiger partial charge in [-0.05, 0) is 24.3 Å². The number of carbonyl (C=O) groups excluding carboxylic acids is 2. The van der Waals surface area contributed by atoms with E-state index in [-0.39, 0.29) is 5.91 Å². The fourth-order valence-corrected chi connectivity index (χ4v) is 2.01. The molecule has 0 aliphatic rings. The summed E-state index contributed by atoms with van der Waals surface area (Å²) < 4.78 is 5.02. The fourth-order valence-electron chi connectivity index (χ4n) is 1.57. The van der Waals surface area contributed by atoms with Crippen LogP contribution in [0.4, 0.5) is 9.93 Å². The van der Waals surface area contributed by atoms with E-state index in [1.54, 1.807) is 31.4 Å². The monoisotopic (exact) mass is 321 g/mol. The molecule has 2 rings (SSSR count). The molecule has 116 valence electrons. The maximum Gasteiger partial charge on any atom is 0.321 e. The molecule has 22 heavy (non-hydrogen) atoms. The summed E-state index contributed by atoms with van der Waals surface area (Å²) in [5.74, 6) is 0.473. The van der Waals surface area contributed by atoms with Gasteiger partial charge in [0.1, 0.15) is 11.3 Å². The number of carbonyl (C=O) groups is 2. The second-order valence-electron chi connectivity index (χ2n) is 4.11. The van der Waals surface area contributed by atoms with Gasteiger partial charge in [0.25, 0.3) is 5.91 Å². The molecule has 0 fully saturated rings. The van der Waals surface area contributed by atoms with E-state index >= 15 is 0 Å². The van der Waals surface area contributed by atoms with Crippen LogP contribution < -0.4 is 20.7 Å². The highest BCUT2D eigenvalue weighted by Crippen LogP contribution is 2.10. The van der Waals surface area contributed by atoms with Crippen LogP contribution in [-0.2, 0) is 0 Å². The summed E-state index contributed by atoms with van der Waals surface area (Å²) in [5, 5.41) is 15.5. The molecule has 1 heterocycles. The third kappa shape index (κ3) is 4.70. The Morgan fingerprint density at radius 2 is 1.91 bits per heavy atom. The van der Waals surface area contributed by atoms with Gasteiger partial charge in [0.05, 0.1) is 7.11 Å². The highest BCUT2D eigenvalue weighted by atomic mass is 32.1. The normalized spacial score (nSPS) is 9.86. The second kappa shape index (κ2) is 7.93. The number of nitrogens with one attached hydrogen (secondary N) is 3. The number of methoxy groups -OCH3 is 1. The molecule has 0 spiro atoms. The molecule has 0 atom stereocenters. The number of amides is 3. The summed E-state index contributed by atoms with van der Waals surface area (Å²) in [4.78, 5) is 23.3. The lowest BCUT2D eigenvalue weighted by Gasteiger charge is -2.07. The van der Waals surface area contributed by atoms with Gasteiger partial charge in [-0.2, -0.15) is 0 Å². The van der Waals surface area contributed by atoms with Crippen molar-refractivity contribution in [2.24, 2.45) is 0 Å². The maximum absolute atomic E-state index is 11.8. The number of nitrogens with zero attached hydrogens (tertiary/aromatic N) is 2. The average Bonchev–Trinajstić information content (AvgIpc) is 3.04. The van der Waals surface area contributed by atoms with Crippen LogP contribution in [0.15, 0.2) is 29.8 Å². The fraction of sp³-hybridized carbons (Fsp3) is 0.231. The highest BCUT2D eigenvalue weighted by molar-refractivity contribution is 7.13. The lowest BCUT2D eigenvalue weighted by atomic mass is 10.2. The highest BCUT2D eigenvalue weighted by Gasteiger charge is 2.06. The molecule has 1 aromatic carbocycles. The molecule has 9 heteroatoms. The number of rotatable bonds is 6. The van der Waals surface area contributed by atoms with Crippen LogP contribution in [0.5, 0.6) is 5.75 Å². The van der Waals surface area contributed by atoms with Crippen molar-refractivity contribution in [2.45, 2.75) is 0 Å².